The molecule has 1 heterocycles. The van der Waals surface area contributed by atoms with Crippen LogP contribution in [-0.2, 0) is 14.3 Å². The van der Waals surface area contributed by atoms with E-state index in [-0.39, 0.29) is 17.9 Å². The molecule has 0 saturated carbocycles. The second-order valence-corrected chi connectivity index (χ2v) is 7.58. The first kappa shape index (κ1) is 22.8. The minimum Gasteiger partial charge on any atom is -0.507 e. The number of carbonyl (C=O) groups excluding carboxylic acids is 3. The van der Waals surface area contributed by atoms with Crippen LogP contribution in [-0.4, -0.2) is 36.5 Å². The van der Waals surface area contributed by atoms with Crippen molar-refractivity contribution in [2.24, 2.45) is 0 Å². The van der Waals surface area contributed by atoms with Gasteiger partial charge in [-0.05, 0) is 48.9 Å². The van der Waals surface area contributed by atoms with Crippen LogP contribution in [0.15, 0.2) is 84.4 Å². The Balaban J connectivity index is 1.85. The van der Waals surface area contributed by atoms with Crippen molar-refractivity contribution >= 4 is 29.1 Å². The minimum absolute atomic E-state index is 0.0177. The number of nitrogens with zero attached hydrogens (tertiary/aromatic N) is 1. The summed E-state index contributed by atoms with van der Waals surface area (Å²) in [6.45, 7) is 1.96. The van der Waals surface area contributed by atoms with E-state index in [9.17, 15) is 19.5 Å². The highest BCUT2D eigenvalue weighted by Crippen LogP contribution is 2.42. The molecule has 0 unspecified atom stereocenters. The molecule has 7 heteroatoms. The highest BCUT2D eigenvalue weighted by molar-refractivity contribution is 6.51. The summed E-state index contributed by atoms with van der Waals surface area (Å²) >= 11 is 0. The predicted molar refractivity (Wildman–Crippen MR) is 127 cm³/mol. The lowest BCUT2D eigenvalue weighted by Crippen LogP contribution is -2.29. The maximum absolute atomic E-state index is 13.2. The fourth-order valence-electron chi connectivity index (χ4n) is 3.92. The molecule has 1 saturated heterocycles. The Labute approximate surface area is 196 Å². The van der Waals surface area contributed by atoms with Gasteiger partial charge in [-0.3, -0.25) is 14.5 Å². The van der Waals surface area contributed by atoms with Gasteiger partial charge in [0.25, 0.3) is 11.7 Å². The number of aliphatic hydroxyl groups is 1. The molecule has 0 bridgehead atoms. The Morgan fingerprint density at radius 3 is 2.15 bits per heavy atom. The van der Waals surface area contributed by atoms with Crippen molar-refractivity contribution < 1.29 is 29.0 Å². The predicted octanol–water partition coefficient (Wildman–Crippen LogP) is 4.50. The van der Waals surface area contributed by atoms with Crippen LogP contribution >= 0.6 is 0 Å². The molecule has 1 N–H and O–H groups in total. The van der Waals surface area contributed by atoms with Gasteiger partial charge in [0.2, 0.25) is 0 Å². The smallest absolute Gasteiger partial charge is 0.338 e. The Morgan fingerprint density at radius 2 is 1.56 bits per heavy atom. The molecule has 0 spiro atoms. The summed E-state index contributed by atoms with van der Waals surface area (Å²) in [4.78, 5) is 39.7. The quantitative estimate of drug-likeness (QED) is 0.254. The number of methoxy groups -OCH3 is 1. The second kappa shape index (κ2) is 9.62. The highest BCUT2D eigenvalue weighted by atomic mass is 16.5. The van der Waals surface area contributed by atoms with Crippen molar-refractivity contribution in [2.75, 3.05) is 18.6 Å². The molecule has 1 aliphatic rings. The van der Waals surface area contributed by atoms with Crippen LogP contribution in [0, 0.1) is 0 Å². The van der Waals surface area contributed by atoms with Crippen LogP contribution < -0.4 is 9.64 Å². The van der Waals surface area contributed by atoms with Gasteiger partial charge in [0.15, 0.2) is 0 Å². The Kier molecular flexibility index (Phi) is 6.45. The lowest BCUT2D eigenvalue weighted by Gasteiger charge is -2.25. The van der Waals surface area contributed by atoms with Gasteiger partial charge in [-0.15, -0.1) is 0 Å². The van der Waals surface area contributed by atoms with Crippen LogP contribution in [0.25, 0.3) is 5.76 Å². The molecule has 1 aliphatic heterocycles. The Hall–Kier alpha value is -4.39. The largest absolute Gasteiger partial charge is 0.507 e. The van der Waals surface area contributed by atoms with Gasteiger partial charge in [-0.25, -0.2) is 4.79 Å². The molecule has 1 fully saturated rings. The van der Waals surface area contributed by atoms with Gasteiger partial charge < -0.3 is 14.6 Å². The van der Waals surface area contributed by atoms with E-state index in [4.69, 9.17) is 9.47 Å². The molecule has 172 valence electrons. The van der Waals surface area contributed by atoms with Gasteiger partial charge in [0.05, 0.1) is 30.9 Å². The van der Waals surface area contributed by atoms with Crippen molar-refractivity contribution in [3.8, 4) is 5.75 Å². The Bertz CT molecular complexity index is 1250. The molecular weight excluding hydrogens is 434 g/mol. The maximum Gasteiger partial charge on any atom is 0.338 e. The summed E-state index contributed by atoms with van der Waals surface area (Å²) in [7, 11) is 1.54. The first-order chi connectivity index (χ1) is 16.5. The summed E-state index contributed by atoms with van der Waals surface area (Å²) in [5, 5.41) is 11.1. The van der Waals surface area contributed by atoms with Gasteiger partial charge in [-0.1, -0.05) is 42.5 Å². The van der Waals surface area contributed by atoms with E-state index in [2.05, 4.69) is 0 Å². The fourth-order valence-corrected chi connectivity index (χ4v) is 3.92. The van der Waals surface area contributed by atoms with E-state index >= 15 is 0 Å². The van der Waals surface area contributed by atoms with Crippen LogP contribution in [0.3, 0.4) is 0 Å². The fraction of sp³-hybridized carbons (Fsp3) is 0.148. The van der Waals surface area contributed by atoms with Crippen molar-refractivity contribution in [1.29, 1.82) is 0 Å². The molecule has 1 atom stereocenters. The minimum atomic E-state index is -0.875. The van der Waals surface area contributed by atoms with Gasteiger partial charge >= 0.3 is 5.97 Å². The number of rotatable bonds is 6. The molecule has 34 heavy (non-hydrogen) atoms. The van der Waals surface area contributed by atoms with E-state index in [1.807, 2.05) is 0 Å². The molecular formula is C27H23NO6. The van der Waals surface area contributed by atoms with E-state index in [0.29, 0.717) is 28.1 Å². The third-order valence-electron chi connectivity index (χ3n) is 5.58. The molecule has 7 nitrogen and oxygen atoms in total. The molecule has 3 aromatic rings. The average Bonchev–Trinajstić information content (AvgIpc) is 3.14. The molecule has 3 aromatic carbocycles. The van der Waals surface area contributed by atoms with E-state index in [1.54, 1.807) is 80.8 Å². The molecule has 4 rings (SSSR count). The number of ketones is 1. The normalized spacial score (nSPS) is 17.0. The first-order valence-corrected chi connectivity index (χ1v) is 10.7. The number of benzene rings is 3. The second-order valence-electron chi connectivity index (χ2n) is 7.58. The summed E-state index contributed by atoms with van der Waals surface area (Å²) in [5.74, 6) is -1.70. The van der Waals surface area contributed by atoms with E-state index < -0.39 is 23.7 Å². The Morgan fingerprint density at radius 1 is 0.912 bits per heavy atom. The standard InChI is InChI=1S/C27H23NO6/c1-3-34-27(32)19-9-13-20(14-10-19)28-23(17-11-15-21(33-2)16-12-17)22(25(30)26(28)31)24(29)18-7-5-4-6-8-18/h4-16,23,29H,3H2,1-2H3/t23-/m1/s1. The number of anilines is 1. The van der Waals surface area contributed by atoms with E-state index in [0.717, 1.165) is 0 Å². The summed E-state index contributed by atoms with van der Waals surface area (Å²) in [6.07, 6.45) is 0. The summed E-state index contributed by atoms with van der Waals surface area (Å²) in [5.41, 5.74) is 1.76. The molecule has 0 aliphatic carbocycles. The van der Waals surface area contributed by atoms with Crippen molar-refractivity contribution in [1.82, 2.24) is 0 Å². The average molecular weight is 457 g/mol. The van der Waals surface area contributed by atoms with Gasteiger partial charge in [0, 0.05) is 11.3 Å². The van der Waals surface area contributed by atoms with Crippen molar-refractivity contribution in [3.63, 3.8) is 0 Å². The van der Waals surface area contributed by atoms with Gasteiger partial charge in [0.1, 0.15) is 11.5 Å². The zero-order valence-corrected chi connectivity index (χ0v) is 18.7. The van der Waals surface area contributed by atoms with E-state index in [1.165, 1.54) is 17.0 Å². The first-order valence-electron chi connectivity index (χ1n) is 10.7. The third kappa shape index (κ3) is 4.15. The lowest BCUT2D eigenvalue weighted by atomic mass is 9.95. The van der Waals surface area contributed by atoms with Crippen LogP contribution in [0.5, 0.6) is 5.75 Å². The molecule has 1 amide bonds. The van der Waals surface area contributed by atoms with Crippen molar-refractivity contribution in [2.45, 2.75) is 13.0 Å². The summed E-state index contributed by atoms with van der Waals surface area (Å²) in [6, 6.07) is 20.9. The zero-order valence-electron chi connectivity index (χ0n) is 18.7. The number of Topliss-reactive ketones (excluding diaryl/α,β-unsaturated/α-hetero) is 1. The number of aliphatic hydroxyl groups excluding tert-OH is 1. The third-order valence-corrected chi connectivity index (χ3v) is 5.58. The summed E-state index contributed by atoms with van der Waals surface area (Å²) < 4.78 is 10.2. The van der Waals surface area contributed by atoms with Crippen LogP contribution in [0.4, 0.5) is 5.69 Å². The number of ether oxygens (including phenoxy) is 2. The van der Waals surface area contributed by atoms with Gasteiger partial charge in [-0.2, -0.15) is 0 Å². The maximum atomic E-state index is 13.2. The highest BCUT2D eigenvalue weighted by Gasteiger charge is 2.47. The van der Waals surface area contributed by atoms with Crippen LogP contribution in [0.2, 0.25) is 0 Å². The van der Waals surface area contributed by atoms with Crippen molar-refractivity contribution in [3.05, 3.63) is 101 Å². The number of hydrogen-bond donors (Lipinski definition) is 1. The zero-order chi connectivity index (χ0) is 24.2. The number of amides is 1. The number of carbonyl (C=O) groups is 3. The monoisotopic (exact) mass is 457 g/mol. The number of esters is 1. The van der Waals surface area contributed by atoms with Crippen LogP contribution in [0.1, 0.15) is 34.5 Å². The molecule has 0 radical (unpaired) electrons. The number of hydrogen-bond acceptors (Lipinski definition) is 6. The molecule has 0 aromatic heterocycles. The lowest BCUT2D eigenvalue weighted by molar-refractivity contribution is -0.132. The topological polar surface area (TPSA) is 93.1 Å². The SMILES string of the molecule is CCOC(=O)c1ccc(N2C(=O)C(=O)C(=C(O)c3ccccc3)[C@H]2c2ccc(OC)cc2)cc1.